The third kappa shape index (κ3) is 8.23. The Kier molecular flexibility index (Phi) is 10.9. The molecule has 250 valence electrons. The number of unbranched alkanes of at least 4 members (excludes halogenated alkanes) is 1. The number of hydrogen-bond acceptors (Lipinski definition) is 5. The zero-order chi connectivity index (χ0) is 32.8. The van der Waals surface area contributed by atoms with E-state index < -0.39 is 32.9 Å². The number of rotatable bonds is 11. The fraction of sp³-hybridized carbons (Fsp3) is 0.444. The van der Waals surface area contributed by atoms with Gasteiger partial charge in [0.15, 0.2) is 8.38 Å². The summed E-state index contributed by atoms with van der Waals surface area (Å²) in [5, 5.41) is 5.50. The van der Waals surface area contributed by atoms with Crippen LogP contribution in [0.5, 0.6) is 0 Å². The number of halogens is 3. The molecule has 2 unspecified atom stereocenters. The second-order valence-corrected chi connectivity index (χ2v) is 14.1. The molecule has 47 heavy (non-hydrogen) atoms. The summed E-state index contributed by atoms with van der Waals surface area (Å²) in [5.41, 5.74) is 5.35. The maximum absolute atomic E-state index is 13.6. The molecule has 0 aromatic heterocycles. The normalized spacial score (nSPS) is 22.3. The van der Waals surface area contributed by atoms with Crippen LogP contribution in [0.2, 0.25) is 0 Å². The molecule has 0 bridgehead atoms. The number of alkyl halides is 3. The Morgan fingerprint density at radius 3 is 2.40 bits per heavy atom. The minimum atomic E-state index is -4.48. The Bertz CT molecular complexity index is 1530. The fourth-order valence-corrected chi connectivity index (χ4v) is 8.33. The minimum Gasteiger partial charge on any atom is -0.346 e. The molecule has 0 saturated carbocycles. The standard InChI is InChI=1S/C36H41F3N3O4P/c37-36(38,39)24-41-34(43)33-30-16-5-4-15-28(30)29-17-10-14-26(32(29)33)13-7-9-20-47-45-22-27(23-46-47)42(21-25-11-2-1-3-12-25)35(44)31-18-6-8-19-40-31/h1-5,10-12,14-17,27,31,33,40H,6-9,13,18-24H2,(H,41,43). The second kappa shape index (κ2) is 15.3. The number of nitrogens with one attached hydrogen (secondary N) is 2. The zero-order valence-corrected chi connectivity index (χ0v) is 27.2. The van der Waals surface area contributed by atoms with Crippen LogP contribution in [0.25, 0.3) is 11.1 Å². The van der Waals surface area contributed by atoms with E-state index in [1.807, 2.05) is 77.7 Å². The Morgan fingerprint density at radius 1 is 0.915 bits per heavy atom. The summed E-state index contributed by atoms with van der Waals surface area (Å²) in [5.74, 6) is -1.32. The number of benzene rings is 3. The fourth-order valence-electron chi connectivity index (χ4n) is 6.84. The number of carbonyl (C=O) groups is 2. The van der Waals surface area contributed by atoms with Gasteiger partial charge in [-0.1, -0.05) is 79.2 Å². The second-order valence-electron chi connectivity index (χ2n) is 12.4. The monoisotopic (exact) mass is 667 g/mol. The van der Waals surface area contributed by atoms with E-state index in [1.54, 1.807) is 0 Å². The number of nitrogens with zero attached hydrogens (tertiary/aromatic N) is 1. The highest BCUT2D eigenvalue weighted by Gasteiger charge is 2.38. The predicted molar refractivity (Wildman–Crippen MR) is 176 cm³/mol. The van der Waals surface area contributed by atoms with Gasteiger partial charge in [0.2, 0.25) is 11.8 Å². The first-order chi connectivity index (χ1) is 22.8. The maximum Gasteiger partial charge on any atom is 0.405 e. The van der Waals surface area contributed by atoms with Crippen molar-refractivity contribution in [3.05, 3.63) is 95.1 Å². The van der Waals surface area contributed by atoms with Crippen molar-refractivity contribution in [1.82, 2.24) is 15.5 Å². The van der Waals surface area contributed by atoms with Crippen molar-refractivity contribution < 1.29 is 31.8 Å². The summed E-state index contributed by atoms with van der Waals surface area (Å²) in [6.07, 6.45) is 1.53. The van der Waals surface area contributed by atoms with Gasteiger partial charge in [-0.15, -0.1) is 0 Å². The smallest absolute Gasteiger partial charge is 0.346 e. The first-order valence-corrected chi connectivity index (χ1v) is 17.8. The highest BCUT2D eigenvalue weighted by molar-refractivity contribution is 7.47. The summed E-state index contributed by atoms with van der Waals surface area (Å²) in [7, 11) is -1.10. The van der Waals surface area contributed by atoms with E-state index in [1.165, 1.54) is 0 Å². The van der Waals surface area contributed by atoms with Crippen LogP contribution in [0.4, 0.5) is 13.2 Å². The lowest BCUT2D eigenvalue weighted by Gasteiger charge is -2.39. The first-order valence-electron chi connectivity index (χ1n) is 16.4. The topological polar surface area (TPSA) is 79.9 Å². The molecule has 2 heterocycles. The molecule has 0 spiro atoms. The lowest BCUT2D eigenvalue weighted by molar-refractivity contribution is -0.139. The Hall–Kier alpha value is -3.30. The SMILES string of the molecule is O=C(NCC(F)(F)F)C1c2ccccc2-c2cccc(CCCCP3OCC(N(Cc4ccccc4)C(=O)C4CCCCN4)CO3)c21. The van der Waals surface area contributed by atoms with Crippen LogP contribution < -0.4 is 10.6 Å². The number of fused-ring (bicyclic) bond motifs is 3. The third-order valence-corrected chi connectivity index (χ3v) is 10.7. The van der Waals surface area contributed by atoms with Gasteiger partial charge in [-0.3, -0.25) is 9.59 Å². The molecule has 2 aliphatic heterocycles. The molecular weight excluding hydrogens is 626 g/mol. The molecule has 2 amide bonds. The molecule has 0 radical (unpaired) electrons. The van der Waals surface area contributed by atoms with Crippen molar-refractivity contribution in [2.75, 3.05) is 32.5 Å². The van der Waals surface area contributed by atoms with Crippen molar-refractivity contribution in [1.29, 1.82) is 0 Å². The Morgan fingerprint density at radius 2 is 1.66 bits per heavy atom. The van der Waals surface area contributed by atoms with Gasteiger partial charge in [0, 0.05) is 12.7 Å². The van der Waals surface area contributed by atoms with Crippen molar-refractivity contribution in [3.8, 4) is 11.1 Å². The number of piperidine rings is 1. The van der Waals surface area contributed by atoms with Crippen molar-refractivity contribution in [2.24, 2.45) is 0 Å². The van der Waals surface area contributed by atoms with E-state index in [9.17, 15) is 22.8 Å². The summed E-state index contributed by atoms with van der Waals surface area (Å²) < 4.78 is 51.2. The summed E-state index contributed by atoms with van der Waals surface area (Å²) in [4.78, 5) is 28.7. The van der Waals surface area contributed by atoms with Crippen molar-refractivity contribution in [2.45, 2.75) is 69.2 Å². The van der Waals surface area contributed by atoms with Gasteiger partial charge in [-0.25, -0.2) is 0 Å². The van der Waals surface area contributed by atoms with Crippen LogP contribution in [0.3, 0.4) is 0 Å². The summed E-state index contributed by atoms with van der Waals surface area (Å²) in [6, 6.07) is 22.9. The molecule has 11 heteroatoms. The van der Waals surface area contributed by atoms with E-state index in [0.29, 0.717) is 26.2 Å². The van der Waals surface area contributed by atoms with Crippen molar-refractivity contribution >= 4 is 20.2 Å². The number of amides is 2. The predicted octanol–water partition coefficient (Wildman–Crippen LogP) is 6.70. The molecular formula is C36H41F3N3O4P. The van der Waals surface area contributed by atoms with Gasteiger partial charge in [0.05, 0.1) is 31.2 Å². The molecule has 7 nitrogen and oxygen atoms in total. The molecule has 3 aliphatic rings. The van der Waals surface area contributed by atoms with Gasteiger partial charge in [0.25, 0.3) is 0 Å². The quantitative estimate of drug-likeness (QED) is 0.176. The lowest BCUT2D eigenvalue weighted by atomic mass is 9.90. The molecule has 3 aromatic rings. The van der Waals surface area contributed by atoms with Gasteiger partial charge in [0.1, 0.15) is 6.54 Å². The van der Waals surface area contributed by atoms with Gasteiger partial charge < -0.3 is 24.6 Å². The van der Waals surface area contributed by atoms with E-state index >= 15 is 0 Å². The Balaban J connectivity index is 1.05. The highest BCUT2D eigenvalue weighted by atomic mass is 31.2. The highest BCUT2D eigenvalue weighted by Crippen LogP contribution is 2.47. The van der Waals surface area contributed by atoms with E-state index in [4.69, 9.17) is 9.05 Å². The van der Waals surface area contributed by atoms with Crippen LogP contribution in [0, 0.1) is 0 Å². The average molecular weight is 668 g/mol. The molecule has 2 saturated heterocycles. The van der Waals surface area contributed by atoms with E-state index in [2.05, 4.69) is 10.6 Å². The van der Waals surface area contributed by atoms with Crippen LogP contribution in [0.15, 0.2) is 72.8 Å². The Labute approximate surface area is 275 Å². The molecule has 2 fully saturated rings. The molecule has 6 rings (SSSR count). The number of hydrogen-bond donors (Lipinski definition) is 2. The maximum atomic E-state index is 13.6. The van der Waals surface area contributed by atoms with Crippen LogP contribution in [0.1, 0.15) is 60.3 Å². The van der Waals surface area contributed by atoms with Gasteiger partial charge >= 0.3 is 6.18 Å². The van der Waals surface area contributed by atoms with Gasteiger partial charge in [-0.2, -0.15) is 13.2 Å². The molecule has 1 aliphatic carbocycles. The molecule has 2 N–H and O–H groups in total. The molecule has 2 atom stereocenters. The first kappa shape index (κ1) is 33.6. The van der Waals surface area contributed by atoms with E-state index in [0.717, 1.165) is 78.2 Å². The number of aryl methyl sites for hydroxylation is 1. The lowest BCUT2D eigenvalue weighted by Crippen LogP contribution is -2.54. The third-order valence-electron chi connectivity index (χ3n) is 9.16. The number of carbonyl (C=O) groups excluding carboxylic acids is 2. The van der Waals surface area contributed by atoms with E-state index in [-0.39, 0.29) is 18.0 Å². The minimum absolute atomic E-state index is 0.0971. The summed E-state index contributed by atoms with van der Waals surface area (Å²) >= 11 is 0. The van der Waals surface area contributed by atoms with Crippen molar-refractivity contribution in [3.63, 3.8) is 0 Å². The van der Waals surface area contributed by atoms with Crippen LogP contribution >= 0.6 is 8.38 Å². The zero-order valence-electron chi connectivity index (χ0n) is 26.3. The summed E-state index contributed by atoms with van der Waals surface area (Å²) in [6.45, 7) is 0.852. The van der Waals surface area contributed by atoms with Gasteiger partial charge in [-0.05, 0) is 72.0 Å². The largest absolute Gasteiger partial charge is 0.405 e. The average Bonchev–Trinajstić information content (AvgIpc) is 3.44. The van der Waals surface area contributed by atoms with Crippen LogP contribution in [-0.2, 0) is 31.6 Å². The molecule has 3 aromatic carbocycles. The van der Waals surface area contributed by atoms with Crippen LogP contribution in [-0.4, -0.2) is 67.4 Å².